The molecule has 2 N–H and O–H groups in total. The Hall–Kier alpha value is -1.89. The normalized spacial score (nSPS) is 11.8. The van der Waals surface area contributed by atoms with E-state index in [1.165, 1.54) is 77.0 Å². The number of unbranched alkanes of at least 4 members (excludes halogenated alkanes) is 14. The first-order chi connectivity index (χ1) is 18.8. The number of rotatable bonds is 30. The number of aliphatic carboxylic acids is 3. The standard InChI is InChI=1S/C32H59NO6/c1-2-3-4-5-6-7-8-9-10-11-12-13-14-15-19-26-33(27-20-16-23-30(34)35,28-21-17-24-31(36)37)29-22-18-25-32(38)39/h4-5H,2-3,6-29H2,1H3,(H2-,34,35,36,37,38,39)/b5-4+. The number of carboxylic acids is 3. The van der Waals surface area contributed by atoms with Gasteiger partial charge in [-0.05, 0) is 77.0 Å². The van der Waals surface area contributed by atoms with Crippen LogP contribution < -0.4 is 5.11 Å². The van der Waals surface area contributed by atoms with Crippen molar-refractivity contribution in [2.24, 2.45) is 0 Å². The van der Waals surface area contributed by atoms with Gasteiger partial charge in [-0.25, -0.2) is 0 Å². The van der Waals surface area contributed by atoms with Crippen LogP contribution >= 0.6 is 0 Å². The molecule has 0 bridgehead atoms. The second-order valence-corrected chi connectivity index (χ2v) is 11.4. The van der Waals surface area contributed by atoms with Crippen molar-refractivity contribution in [3.8, 4) is 0 Å². The number of carbonyl (C=O) groups excluding carboxylic acids is 1. The highest BCUT2D eigenvalue weighted by Gasteiger charge is 2.26. The summed E-state index contributed by atoms with van der Waals surface area (Å²) in [4.78, 5) is 32.8. The van der Waals surface area contributed by atoms with E-state index >= 15 is 0 Å². The molecule has 0 radical (unpaired) electrons. The molecule has 0 fully saturated rings. The van der Waals surface area contributed by atoms with Crippen LogP contribution in [0.2, 0.25) is 0 Å². The van der Waals surface area contributed by atoms with Gasteiger partial charge in [0.1, 0.15) is 0 Å². The number of quaternary nitrogens is 1. The van der Waals surface area contributed by atoms with E-state index in [0.717, 1.165) is 56.3 Å². The molecule has 0 aromatic heterocycles. The first kappa shape index (κ1) is 37.1. The molecule has 228 valence electrons. The summed E-state index contributed by atoms with van der Waals surface area (Å²) in [6, 6.07) is 0. The highest BCUT2D eigenvalue weighted by atomic mass is 16.4. The lowest BCUT2D eigenvalue weighted by atomic mass is 10.0. The van der Waals surface area contributed by atoms with Crippen molar-refractivity contribution in [1.82, 2.24) is 0 Å². The Morgan fingerprint density at radius 3 is 1.31 bits per heavy atom. The molecule has 7 nitrogen and oxygen atoms in total. The highest BCUT2D eigenvalue weighted by molar-refractivity contribution is 5.66. The molecule has 0 aliphatic carbocycles. The van der Waals surface area contributed by atoms with E-state index in [2.05, 4.69) is 19.1 Å². The first-order valence-electron chi connectivity index (χ1n) is 15.9. The second kappa shape index (κ2) is 26.3. The summed E-state index contributed by atoms with van der Waals surface area (Å²) in [5, 5.41) is 28.9. The average Bonchev–Trinajstić information content (AvgIpc) is 2.89. The van der Waals surface area contributed by atoms with Crippen LogP contribution in [0, 0.1) is 0 Å². The first-order valence-corrected chi connectivity index (χ1v) is 15.9. The van der Waals surface area contributed by atoms with E-state index in [-0.39, 0.29) is 19.3 Å². The molecule has 0 heterocycles. The van der Waals surface area contributed by atoms with E-state index in [1.807, 2.05) is 0 Å². The van der Waals surface area contributed by atoms with E-state index in [4.69, 9.17) is 10.2 Å². The van der Waals surface area contributed by atoms with Gasteiger partial charge in [-0.15, -0.1) is 0 Å². The molecule has 0 aromatic rings. The molecule has 0 saturated heterocycles. The van der Waals surface area contributed by atoms with Gasteiger partial charge in [0.25, 0.3) is 0 Å². The van der Waals surface area contributed by atoms with Crippen LogP contribution in [0.5, 0.6) is 0 Å². The van der Waals surface area contributed by atoms with Crippen molar-refractivity contribution < 1.29 is 34.2 Å². The zero-order chi connectivity index (χ0) is 29.0. The summed E-state index contributed by atoms with van der Waals surface area (Å²) >= 11 is 0. The molecule has 0 atom stereocenters. The number of nitrogens with zero attached hydrogens (tertiary/aromatic N) is 1. The van der Waals surface area contributed by atoms with Gasteiger partial charge in [0.15, 0.2) is 0 Å². The van der Waals surface area contributed by atoms with Crippen molar-refractivity contribution in [2.75, 3.05) is 26.2 Å². The molecule has 0 aliphatic rings. The predicted octanol–water partition coefficient (Wildman–Crippen LogP) is 6.88. The van der Waals surface area contributed by atoms with Gasteiger partial charge in [0, 0.05) is 18.8 Å². The second-order valence-electron chi connectivity index (χ2n) is 11.4. The molecule has 39 heavy (non-hydrogen) atoms. The minimum Gasteiger partial charge on any atom is -0.550 e. The van der Waals surface area contributed by atoms with Crippen LogP contribution in [0.25, 0.3) is 0 Å². The van der Waals surface area contributed by atoms with Crippen LogP contribution in [0.15, 0.2) is 12.2 Å². The van der Waals surface area contributed by atoms with Gasteiger partial charge >= 0.3 is 11.9 Å². The summed E-state index contributed by atoms with van der Waals surface area (Å²) in [5.74, 6) is -2.57. The summed E-state index contributed by atoms with van der Waals surface area (Å²) in [5.41, 5.74) is 0. The number of carboxylic acid groups (broad SMARTS) is 3. The number of hydrogen-bond donors (Lipinski definition) is 2. The Morgan fingerprint density at radius 2 is 0.897 bits per heavy atom. The maximum absolute atomic E-state index is 11.0. The Labute approximate surface area is 238 Å². The summed E-state index contributed by atoms with van der Waals surface area (Å²) in [6.45, 7) is 5.82. The third-order valence-electron chi connectivity index (χ3n) is 7.68. The molecule has 0 saturated carbocycles. The lowest BCUT2D eigenvalue weighted by Crippen LogP contribution is -2.51. The fourth-order valence-corrected chi connectivity index (χ4v) is 5.36. The molecule has 0 aromatic carbocycles. The average molecular weight is 554 g/mol. The van der Waals surface area contributed by atoms with Gasteiger partial charge in [0.2, 0.25) is 0 Å². The molecule has 0 aliphatic heterocycles. The summed E-state index contributed by atoms with van der Waals surface area (Å²) in [6.07, 6.45) is 25.7. The maximum Gasteiger partial charge on any atom is 0.303 e. The Balaban J connectivity index is 4.48. The van der Waals surface area contributed by atoms with Crippen molar-refractivity contribution in [3.63, 3.8) is 0 Å². The van der Waals surface area contributed by atoms with E-state index in [0.29, 0.717) is 19.3 Å². The zero-order valence-electron chi connectivity index (χ0n) is 25.0. The number of allylic oxidation sites excluding steroid dienone is 2. The van der Waals surface area contributed by atoms with E-state index in [9.17, 15) is 19.5 Å². The van der Waals surface area contributed by atoms with Crippen LogP contribution in [0.4, 0.5) is 0 Å². The third-order valence-corrected chi connectivity index (χ3v) is 7.68. The van der Waals surface area contributed by atoms with Crippen molar-refractivity contribution in [2.45, 2.75) is 148 Å². The monoisotopic (exact) mass is 553 g/mol. The van der Waals surface area contributed by atoms with Crippen LogP contribution in [-0.2, 0) is 14.4 Å². The molecule has 0 unspecified atom stereocenters. The molecular formula is C32H59NO6. The minimum absolute atomic E-state index is 0.0635. The van der Waals surface area contributed by atoms with Gasteiger partial charge in [-0.3, -0.25) is 9.59 Å². The van der Waals surface area contributed by atoms with Crippen molar-refractivity contribution in [3.05, 3.63) is 12.2 Å². The van der Waals surface area contributed by atoms with E-state index in [1.54, 1.807) is 0 Å². The fourth-order valence-electron chi connectivity index (χ4n) is 5.36. The molecule has 0 rings (SSSR count). The van der Waals surface area contributed by atoms with Gasteiger partial charge in [0.05, 0.1) is 26.2 Å². The maximum atomic E-state index is 11.0. The molecule has 0 amide bonds. The molecular weight excluding hydrogens is 494 g/mol. The largest absolute Gasteiger partial charge is 0.550 e. The number of carbonyl (C=O) groups is 3. The van der Waals surface area contributed by atoms with Crippen LogP contribution in [-0.4, -0.2) is 58.8 Å². The minimum atomic E-state index is -1.02. The summed E-state index contributed by atoms with van der Waals surface area (Å²) < 4.78 is 0.847. The molecule has 7 heteroatoms. The molecule has 0 spiro atoms. The van der Waals surface area contributed by atoms with Gasteiger partial charge < -0.3 is 24.6 Å². The van der Waals surface area contributed by atoms with Gasteiger partial charge in [-0.2, -0.15) is 0 Å². The Bertz CT molecular complexity index is 594. The lowest BCUT2D eigenvalue weighted by molar-refractivity contribution is -0.929. The lowest BCUT2D eigenvalue weighted by Gasteiger charge is -2.39. The summed E-state index contributed by atoms with van der Waals surface area (Å²) in [7, 11) is 0. The van der Waals surface area contributed by atoms with Crippen LogP contribution in [0.3, 0.4) is 0 Å². The highest BCUT2D eigenvalue weighted by Crippen LogP contribution is 2.19. The van der Waals surface area contributed by atoms with E-state index < -0.39 is 17.9 Å². The van der Waals surface area contributed by atoms with Crippen molar-refractivity contribution in [1.29, 1.82) is 0 Å². The quantitative estimate of drug-likeness (QED) is 0.0569. The zero-order valence-corrected chi connectivity index (χ0v) is 25.0. The smallest absolute Gasteiger partial charge is 0.303 e. The fraction of sp³-hybridized carbons (Fsp3) is 0.844. The predicted molar refractivity (Wildman–Crippen MR) is 156 cm³/mol. The SMILES string of the molecule is CCC/C=C/CCCCCCCCCCCC[N+](CCCCC(=O)[O-])(CCCCC(=O)O)CCCCC(=O)O. The van der Waals surface area contributed by atoms with Gasteiger partial charge in [-0.1, -0.05) is 70.4 Å². The Kier molecular flexibility index (Phi) is 25.1. The van der Waals surface area contributed by atoms with Crippen molar-refractivity contribution >= 4 is 17.9 Å². The number of hydrogen-bond acceptors (Lipinski definition) is 4. The Morgan fingerprint density at radius 1 is 0.538 bits per heavy atom. The topological polar surface area (TPSA) is 115 Å². The third kappa shape index (κ3) is 26.1. The van der Waals surface area contributed by atoms with Crippen LogP contribution in [0.1, 0.15) is 148 Å².